The second-order valence-corrected chi connectivity index (χ2v) is 6.88. The first-order valence-electron chi connectivity index (χ1n) is 9.59. The Kier molecular flexibility index (Phi) is 8.23. The molecule has 0 spiro atoms. The first-order chi connectivity index (χ1) is 13.0. The minimum absolute atomic E-state index is 0.134. The second-order valence-electron chi connectivity index (χ2n) is 6.88. The molecule has 0 aliphatic heterocycles. The third-order valence-corrected chi connectivity index (χ3v) is 4.86. The normalized spacial score (nSPS) is 15.5. The lowest BCUT2D eigenvalue weighted by Crippen LogP contribution is -2.43. The number of hydrogen-bond acceptors (Lipinski definition) is 4. The van der Waals surface area contributed by atoms with Crippen LogP contribution < -0.4 is 25.4 Å². The number of urea groups is 1. The van der Waals surface area contributed by atoms with E-state index in [1.807, 2.05) is 25.1 Å². The molecule has 2 rings (SSSR count). The van der Waals surface area contributed by atoms with Crippen LogP contribution in [-0.4, -0.2) is 38.7 Å². The van der Waals surface area contributed by atoms with Crippen molar-refractivity contribution < 1.29 is 19.1 Å². The van der Waals surface area contributed by atoms with Crippen molar-refractivity contribution in [2.75, 3.05) is 20.8 Å². The molecule has 1 aromatic carbocycles. The summed E-state index contributed by atoms with van der Waals surface area (Å²) in [6.45, 7) is 2.19. The van der Waals surface area contributed by atoms with Crippen molar-refractivity contribution in [3.63, 3.8) is 0 Å². The van der Waals surface area contributed by atoms with Gasteiger partial charge in [0.05, 0.1) is 20.3 Å². The van der Waals surface area contributed by atoms with Crippen LogP contribution in [0.4, 0.5) is 4.79 Å². The van der Waals surface area contributed by atoms with Crippen molar-refractivity contribution >= 4 is 11.9 Å². The van der Waals surface area contributed by atoms with Gasteiger partial charge in [0, 0.05) is 24.6 Å². The monoisotopic (exact) mass is 377 g/mol. The van der Waals surface area contributed by atoms with Gasteiger partial charge < -0.3 is 25.4 Å². The summed E-state index contributed by atoms with van der Waals surface area (Å²) < 4.78 is 10.6. The number of hydrogen-bond donors (Lipinski definition) is 3. The van der Waals surface area contributed by atoms with E-state index >= 15 is 0 Å². The molecule has 1 fully saturated rings. The van der Waals surface area contributed by atoms with Gasteiger partial charge in [-0.05, 0) is 38.0 Å². The number of carbonyl (C=O) groups is 2. The van der Waals surface area contributed by atoms with Crippen LogP contribution in [0.15, 0.2) is 18.2 Å². The van der Waals surface area contributed by atoms with E-state index in [0.29, 0.717) is 18.0 Å². The van der Waals surface area contributed by atoms with Gasteiger partial charge in [-0.15, -0.1) is 0 Å². The maximum absolute atomic E-state index is 12.2. The van der Waals surface area contributed by atoms with Crippen LogP contribution in [0.25, 0.3) is 0 Å². The largest absolute Gasteiger partial charge is 0.497 e. The molecule has 1 unspecified atom stereocenters. The molecule has 0 bridgehead atoms. The first-order valence-corrected chi connectivity index (χ1v) is 9.59. The van der Waals surface area contributed by atoms with E-state index in [1.54, 1.807) is 14.2 Å². The van der Waals surface area contributed by atoms with Crippen molar-refractivity contribution in [1.82, 2.24) is 16.0 Å². The van der Waals surface area contributed by atoms with E-state index in [2.05, 4.69) is 16.0 Å². The summed E-state index contributed by atoms with van der Waals surface area (Å²) in [5.74, 6) is 1.26. The molecule has 7 nitrogen and oxygen atoms in total. The Balaban J connectivity index is 1.75. The Labute approximate surface area is 161 Å². The number of nitrogens with one attached hydrogen (secondary N) is 3. The summed E-state index contributed by atoms with van der Waals surface area (Å²) in [5, 5.41) is 8.67. The fourth-order valence-corrected chi connectivity index (χ4v) is 3.34. The molecule has 0 radical (unpaired) electrons. The summed E-state index contributed by atoms with van der Waals surface area (Å²) in [4.78, 5) is 24.1. The average Bonchev–Trinajstić information content (AvgIpc) is 2.68. The molecule has 150 valence electrons. The zero-order chi connectivity index (χ0) is 19.6. The molecule has 0 heterocycles. The Bertz CT molecular complexity index is 630. The highest BCUT2D eigenvalue weighted by Gasteiger charge is 2.17. The highest BCUT2D eigenvalue weighted by molar-refractivity contribution is 5.78. The number of amides is 3. The molecule has 0 saturated heterocycles. The molecule has 3 N–H and O–H groups in total. The predicted octanol–water partition coefficient (Wildman–Crippen LogP) is 2.90. The second kappa shape index (κ2) is 10.6. The molecule has 1 aliphatic carbocycles. The van der Waals surface area contributed by atoms with Gasteiger partial charge in [0.1, 0.15) is 11.5 Å². The van der Waals surface area contributed by atoms with Crippen LogP contribution in [0.1, 0.15) is 57.1 Å². The summed E-state index contributed by atoms with van der Waals surface area (Å²) in [5.41, 5.74) is 0.841. The van der Waals surface area contributed by atoms with Gasteiger partial charge in [0.15, 0.2) is 0 Å². The molecule has 3 amide bonds. The first kappa shape index (κ1) is 20.9. The van der Waals surface area contributed by atoms with Gasteiger partial charge in [0.2, 0.25) is 5.91 Å². The van der Waals surface area contributed by atoms with Crippen molar-refractivity contribution in [2.45, 2.75) is 57.5 Å². The van der Waals surface area contributed by atoms with E-state index < -0.39 is 0 Å². The number of methoxy groups -OCH3 is 2. The van der Waals surface area contributed by atoms with Crippen LogP contribution in [-0.2, 0) is 4.79 Å². The van der Waals surface area contributed by atoms with E-state index in [0.717, 1.165) is 18.4 Å². The predicted molar refractivity (Wildman–Crippen MR) is 104 cm³/mol. The molecule has 1 saturated carbocycles. The quantitative estimate of drug-likeness (QED) is 0.650. The molecule has 1 atom stereocenters. The van der Waals surface area contributed by atoms with Gasteiger partial charge in [0.25, 0.3) is 0 Å². The van der Waals surface area contributed by atoms with Crippen molar-refractivity contribution in [1.29, 1.82) is 0 Å². The zero-order valence-electron chi connectivity index (χ0n) is 16.5. The van der Waals surface area contributed by atoms with Gasteiger partial charge in [-0.25, -0.2) is 4.79 Å². The number of rotatable bonds is 8. The fraction of sp³-hybridized carbons (Fsp3) is 0.600. The molecule has 27 heavy (non-hydrogen) atoms. The molecular formula is C20H31N3O4. The Morgan fingerprint density at radius 1 is 1.15 bits per heavy atom. The van der Waals surface area contributed by atoms with E-state index in [1.165, 1.54) is 19.3 Å². The third-order valence-electron chi connectivity index (χ3n) is 4.86. The maximum atomic E-state index is 12.2. The summed E-state index contributed by atoms with van der Waals surface area (Å²) in [6, 6.07) is 5.29. The molecule has 1 aliphatic rings. The fourth-order valence-electron chi connectivity index (χ4n) is 3.34. The van der Waals surface area contributed by atoms with Gasteiger partial charge in [-0.2, -0.15) is 0 Å². The van der Waals surface area contributed by atoms with E-state index in [9.17, 15) is 9.59 Å². The van der Waals surface area contributed by atoms with Gasteiger partial charge >= 0.3 is 6.03 Å². The SMILES string of the molecule is COc1ccc(OC)c(C(C)NC(=O)CCNC(=O)NC2CCCCC2)c1. The summed E-state index contributed by atoms with van der Waals surface area (Å²) in [7, 11) is 3.19. The highest BCUT2D eigenvalue weighted by atomic mass is 16.5. The van der Waals surface area contributed by atoms with Gasteiger partial charge in [-0.3, -0.25) is 4.79 Å². The van der Waals surface area contributed by atoms with Crippen molar-refractivity contribution in [3.05, 3.63) is 23.8 Å². The molecule has 7 heteroatoms. The lowest BCUT2D eigenvalue weighted by molar-refractivity contribution is -0.121. The van der Waals surface area contributed by atoms with Crippen LogP contribution in [0.5, 0.6) is 11.5 Å². The van der Waals surface area contributed by atoms with Gasteiger partial charge in [-0.1, -0.05) is 19.3 Å². The van der Waals surface area contributed by atoms with Crippen LogP contribution in [0, 0.1) is 0 Å². The van der Waals surface area contributed by atoms with Crippen LogP contribution in [0.2, 0.25) is 0 Å². The topological polar surface area (TPSA) is 88.7 Å². The lowest BCUT2D eigenvalue weighted by atomic mass is 9.96. The maximum Gasteiger partial charge on any atom is 0.315 e. The minimum Gasteiger partial charge on any atom is -0.497 e. The Morgan fingerprint density at radius 3 is 2.56 bits per heavy atom. The average molecular weight is 377 g/mol. The Hall–Kier alpha value is -2.44. The Morgan fingerprint density at radius 2 is 1.89 bits per heavy atom. The molecule has 0 aromatic heterocycles. The number of benzene rings is 1. The van der Waals surface area contributed by atoms with E-state index in [4.69, 9.17) is 9.47 Å². The zero-order valence-corrected chi connectivity index (χ0v) is 16.5. The molecular weight excluding hydrogens is 346 g/mol. The lowest BCUT2D eigenvalue weighted by Gasteiger charge is -2.23. The summed E-state index contributed by atoms with van der Waals surface area (Å²) >= 11 is 0. The standard InChI is InChI=1S/C20H31N3O4/c1-14(17-13-16(26-2)9-10-18(17)27-3)22-19(24)11-12-21-20(25)23-15-7-5-4-6-8-15/h9-10,13-15H,4-8,11-12H2,1-3H3,(H,22,24)(H2,21,23,25). The minimum atomic E-state index is -0.237. The highest BCUT2D eigenvalue weighted by Crippen LogP contribution is 2.29. The molecule has 1 aromatic rings. The number of carbonyl (C=O) groups excluding carboxylic acids is 2. The number of ether oxygens (including phenoxy) is 2. The van der Waals surface area contributed by atoms with Crippen LogP contribution >= 0.6 is 0 Å². The third kappa shape index (κ3) is 6.66. The summed E-state index contributed by atoms with van der Waals surface area (Å²) in [6.07, 6.45) is 5.87. The van der Waals surface area contributed by atoms with Crippen molar-refractivity contribution in [2.24, 2.45) is 0 Å². The van der Waals surface area contributed by atoms with Crippen LogP contribution in [0.3, 0.4) is 0 Å². The smallest absolute Gasteiger partial charge is 0.315 e. The van der Waals surface area contributed by atoms with E-state index in [-0.39, 0.29) is 30.4 Å². The van der Waals surface area contributed by atoms with Crippen molar-refractivity contribution in [3.8, 4) is 11.5 Å².